The van der Waals surface area contributed by atoms with Gasteiger partial charge in [0.1, 0.15) is 5.82 Å². The SMILES string of the molecule is c1cnc2c(c1)CCCC2N(Cc1nc2ccccc2[nH]1)C1CCC(N2CCOCC2)CC1. The van der Waals surface area contributed by atoms with Crippen LogP contribution in [0.2, 0.25) is 0 Å². The third kappa shape index (κ3) is 4.44. The second-order valence-corrected chi connectivity index (χ2v) is 9.94. The lowest BCUT2D eigenvalue weighted by Gasteiger charge is -2.45. The van der Waals surface area contributed by atoms with E-state index in [0.717, 1.165) is 62.2 Å². The number of aromatic nitrogens is 3. The van der Waals surface area contributed by atoms with Gasteiger partial charge in [-0.1, -0.05) is 18.2 Å². The van der Waals surface area contributed by atoms with E-state index in [-0.39, 0.29) is 0 Å². The van der Waals surface area contributed by atoms with E-state index in [4.69, 9.17) is 14.7 Å². The van der Waals surface area contributed by atoms with E-state index >= 15 is 0 Å². The Morgan fingerprint density at radius 2 is 1.85 bits per heavy atom. The number of imidazole rings is 1. The molecule has 0 spiro atoms. The summed E-state index contributed by atoms with van der Waals surface area (Å²) in [5, 5.41) is 0. The number of hydrogen-bond donors (Lipinski definition) is 1. The van der Waals surface area contributed by atoms with E-state index in [2.05, 4.69) is 51.2 Å². The minimum atomic E-state index is 0.382. The van der Waals surface area contributed by atoms with Gasteiger partial charge >= 0.3 is 0 Å². The Morgan fingerprint density at radius 3 is 2.70 bits per heavy atom. The van der Waals surface area contributed by atoms with Crippen molar-refractivity contribution in [2.45, 2.75) is 69.6 Å². The summed E-state index contributed by atoms with van der Waals surface area (Å²) in [6.45, 7) is 4.84. The molecule has 1 aliphatic heterocycles. The molecule has 174 valence electrons. The minimum absolute atomic E-state index is 0.382. The predicted molar refractivity (Wildman–Crippen MR) is 130 cm³/mol. The molecule has 3 heterocycles. The smallest absolute Gasteiger partial charge is 0.121 e. The second-order valence-electron chi connectivity index (χ2n) is 9.94. The Kier molecular flexibility index (Phi) is 6.14. The number of fused-ring (bicyclic) bond motifs is 2. The van der Waals surface area contributed by atoms with Gasteiger partial charge < -0.3 is 9.72 Å². The molecule has 33 heavy (non-hydrogen) atoms. The maximum Gasteiger partial charge on any atom is 0.121 e. The summed E-state index contributed by atoms with van der Waals surface area (Å²) in [5.41, 5.74) is 4.93. The van der Waals surface area contributed by atoms with Crippen LogP contribution in [-0.2, 0) is 17.7 Å². The van der Waals surface area contributed by atoms with Gasteiger partial charge in [0, 0.05) is 31.4 Å². The molecular formula is C27H35N5O. The van der Waals surface area contributed by atoms with E-state index in [9.17, 15) is 0 Å². The highest BCUT2D eigenvalue weighted by Gasteiger charge is 2.36. The minimum Gasteiger partial charge on any atom is -0.379 e. The molecule has 3 aliphatic rings. The van der Waals surface area contributed by atoms with Crippen molar-refractivity contribution in [2.24, 2.45) is 0 Å². The lowest BCUT2D eigenvalue weighted by molar-refractivity contribution is -0.00510. The van der Waals surface area contributed by atoms with Crippen LogP contribution < -0.4 is 0 Å². The van der Waals surface area contributed by atoms with Crippen LogP contribution in [0.25, 0.3) is 11.0 Å². The number of hydrogen-bond acceptors (Lipinski definition) is 5. The van der Waals surface area contributed by atoms with Crippen molar-refractivity contribution in [3.05, 3.63) is 59.7 Å². The van der Waals surface area contributed by atoms with E-state index in [1.807, 2.05) is 6.20 Å². The molecule has 1 saturated heterocycles. The van der Waals surface area contributed by atoms with Crippen LogP contribution >= 0.6 is 0 Å². The molecule has 0 radical (unpaired) electrons. The highest BCUT2D eigenvalue weighted by molar-refractivity contribution is 5.74. The number of para-hydroxylation sites is 2. The van der Waals surface area contributed by atoms with Crippen LogP contribution in [0.5, 0.6) is 0 Å². The zero-order valence-electron chi connectivity index (χ0n) is 19.5. The maximum atomic E-state index is 5.59. The summed E-state index contributed by atoms with van der Waals surface area (Å²) >= 11 is 0. The van der Waals surface area contributed by atoms with Gasteiger partial charge in [-0.05, 0) is 68.7 Å². The molecule has 1 unspecified atom stereocenters. The lowest BCUT2D eigenvalue weighted by atomic mass is 9.85. The molecule has 1 atom stereocenters. The molecular weight excluding hydrogens is 410 g/mol. The lowest BCUT2D eigenvalue weighted by Crippen LogP contribution is -2.48. The quantitative estimate of drug-likeness (QED) is 0.628. The van der Waals surface area contributed by atoms with Gasteiger partial charge in [-0.2, -0.15) is 0 Å². The van der Waals surface area contributed by atoms with E-state index < -0.39 is 0 Å². The number of H-pyrrole nitrogens is 1. The Hall–Kier alpha value is -2.28. The molecule has 2 fully saturated rings. The Morgan fingerprint density at radius 1 is 1.00 bits per heavy atom. The van der Waals surface area contributed by atoms with Gasteiger partial charge in [-0.25, -0.2) is 4.98 Å². The van der Waals surface area contributed by atoms with Crippen LogP contribution in [0.3, 0.4) is 0 Å². The topological polar surface area (TPSA) is 57.3 Å². The molecule has 6 rings (SSSR count). The molecule has 1 saturated carbocycles. The fraction of sp³-hybridized carbons (Fsp3) is 0.556. The number of nitrogens with zero attached hydrogens (tertiary/aromatic N) is 4. The third-order valence-electron chi connectivity index (χ3n) is 8.03. The number of pyridine rings is 1. The molecule has 2 aliphatic carbocycles. The van der Waals surface area contributed by atoms with E-state index in [1.165, 1.54) is 49.8 Å². The standard InChI is InChI=1S/C27H35N5O/c1-2-8-24-23(7-1)29-26(30-24)19-32(25-9-3-5-20-6-4-14-28-27(20)25)22-12-10-21(11-13-22)31-15-17-33-18-16-31/h1-2,4,6-8,14,21-22,25H,3,5,9-13,15-19H2,(H,29,30). The highest BCUT2D eigenvalue weighted by Crippen LogP contribution is 2.38. The summed E-state index contributed by atoms with van der Waals surface area (Å²) in [4.78, 5) is 18.9. The number of morpholine rings is 1. The number of rotatable bonds is 5. The zero-order chi connectivity index (χ0) is 22.0. The number of benzene rings is 1. The van der Waals surface area contributed by atoms with Crippen molar-refractivity contribution >= 4 is 11.0 Å². The monoisotopic (exact) mass is 445 g/mol. The molecule has 0 bridgehead atoms. The molecule has 6 heteroatoms. The largest absolute Gasteiger partial charge is 0.379 e. The molecule has 1 N–H and O–H groups in total. The zero-order valence-corrected chi connectivity index (χ0v) is 19.5. The van der Waals surface area contributed by atoms with Crippen molar-refractivity contribution in [1.29, 1.82) is 0 Å². The van der Waals surface area contributed by atoms with Crippen molar-refractivity contribution in [2.75, 3.05) is 26.3 Å². The molecule has 1 aromatic carbocycles. The van der Waals surface area contributed by atoms with Gasteiger partial charge in [-0.3, -0.25) is 14.8 Å². The van der Waals surface area contributed by atoms with Gasteiger partial charge in [-0.15, -0.1) is 0 Å². The van der Waals surface area contributed by atoms with Crippen LogP contribution in [0.15, 0.2) is 42.6 Å². The Bertz CT molecular complexity index is 1030. The molecule has 2 aromatic heterocycles. The van der Waals surface area contributed by atoms with Crippen LogP contribution in [0.4, 0.5) is 0 Å². The first-order valence-electron chi connectivity index (χ1n) is 12.8. The normalized spacial score (nSPS) is 26.5. The average molecular weight is 446 g/mol. The fourth-order valence-corrected chi connectivity index (χ4v) is 6.35. The van der Waals surface area contributed by atoms with E-state index in [1.54, 1.807) is 0 Å². The predicted octanol–water partition coefficient (Wildman–Crippen LogP) is 4.48. The Balaban J connectivity index is 1.25. The van der Waals surface area contributed by atoms with E-state index in [0.29, 0.717) is 12.1 Å². The number of ether oxygens (including phenoxy) is 1. The van der Waals surface area contributed by atoms with Gasteiger partial charge in [0.25, 0.3) is 0 Å². The summed E-state index contributed by atoms with van der Waals surface area (Å²) in [7, 11) is 0. The van der Waals surface area contributed by atoms with Crippen molar-refractivity contribution in [3.8, 4) is 0 Å². The van der Waals surface area contributed by atoms with Crippen LogP contribution in [-0.4, -0.2) is 63.1 Å². The first kappa shape index (κ1) is 21.3. The van der Waals surface area contributed by atoms with Crippen LogP contribution in [0.1, 0.15) is 61.6 Å². The summed E-state index contributed by atoms with van der Waals surface area (Å²) < 4.78 is 5.59. The van der Waals surface area contributed by atoms with Crippen molar-refractivity contribution in [1.82, 2.24) is 24.8 Å². The van der Waals surface area contributed by atoms with Crippen molar-refractivity contribution < 1.29 is 4.74 Å². The van der Waals surface area contributed by atoms with Gasteiger partial charge in [0.2, 0.25) is 0 Å². The fourth-order valence-electron chi connectivity index (χ4n) is 6.35. The summed E-state index contributed by atoms with van der Waals surface area (Å²) in [6.07, 6.45) is 10.6. The first-order chi connectivity index (χ1) is 16.3. The molecule has 0 amide bonds. The average Bonchev–Trinajstić information content (AvgIpc) is 3.30. The molecule has 6 nitrogen and oxygen atoms in total. The van der Waals surface area contributed by atoms with Gasteiger partial charge in [0.05, 0.1) is 42.5 Å². The third-order valence-corrected chi connectivity index (χ3v) is 8.03. The number of aryl methyl sites for hydroxylation is 1. The second kappa shape index (κ2) is 9.53. The summed E-state index contributed by atoms with van der Waals surface area (Å²) in [6, 6.07) is 14.4. The van der Waals surface area contributed by atoms with Crippen LogP contribution in [0, 0.1) is 0 Å². The summed E-state index contributed by atoms with van der Waals surface area (Å²) in [5.74, 6) is 1.08. The van der Waals surface area contributed by atoms with Gasteiger partial charge in [0.15, 0.2) is 0 Å². The number of aromatic amines is 1. The number of nitrogens with one attached hydrogen (secondary N) is 1. The Labute approximate surface area is 196 Å². The van der Waals surface area contributed by atoms with Crippen molar-refractivity contribution in [3.63, 3.8) is 0 Å². The maximum absolute atomic E-state index is 5.59. The highest BCUT2D eigenvalue weighted by atomic mass is 16.5. The first-order valence-corrected chi connectivity index (χ1v) is 12.8. The molecule has 3 aromatic rings.